The lowest BCUT2D eigenvalue weighted by molar-refractivity contribution is 0.343. The van der Waals surface area contributed by atoms with Gasteiger partial charge >= 0.3 is 5.63 Å². The van der Waals surface area contributed by atoms with E-state index in [4.69, 9.17) is 9.15 Å². The predicted octanol–water partition coefficient (Wildman–Crippen LogP) is 5.01. The summed E-state index contributed by atoms with van der Waals surface area (Å²) in [5.74, 6) is -0.0252. The van der Waals surface area contributed by atoms with Gasteiger partial charge in [-0.05, 0) is 23.9 Å². The zero-order chi connectivity index (χ0) is 16.7. The number of rotatable bonds is 9. The van der Waals surface area contributed by atoms with Crippen LogP contribution in [0.25, 0.3) is 10.8 Å². The first-order valence-electron chi connectivity index (χ1n) is 8.16. The third-order valence-electron chi connectivity index (χ3n) is 3.77. The number of ether oxygens (including phenoxy) is 1. The van der Waals surface area contributed by atoms with Gasteiger partial charge in [0.2, 0.25) is 0 Å². The highest BCUT2D eigenvalue weighted by atomic mass is 19.1. The molecule has 23 heavy (non-hydrogen) atoms. The van der Waals surface area contributed by atoms with Gasteiger partial charge in [-0.15, -0.1) is 0 Å². The summed E-state index contributed by atoms with van der Waals surface area (Å²) in [6.45, 7) is 5.87. The highest BCUT2D eigenvalue weighted by Crippen LogP contribution is 2.25. The number of halogens is 1. The van der Waals surface area contributed by atoms with E-state index in [1.807, 2.05) is 0 Å². The first-order valence-corrected chi connectivity index (χ1v) is 8.16. The lowest BCUT2D eigenvalue weighted by atomic mass is 10.1. The maximum Gasteiger partial charge on any atom is 0.346 e. The van der Waals surface area contributed by atoms with Gasteiger partial charge in [-0.3, -0.25) is 0 Å². The molecular formula is C19H23FO3. The van der Waals surface area contributed by atoms with Crippen molar-refractivity contribution >= 4 is 10.8 Å². The smallest absolute Gasteiger partial charge is 0.346 e. The van der Waals surface area contributed by atoms with E-state index in [1.165, 1.54) is 31.4 Å². The molecule has 0 N–H and O–H groups in total. The molecule has 4 heteroatoms. The second-order valence-corrected chi connectivity index (χ2v) is 5.61. The van der Waals surface area contributed by atoms with E-state index in [-0.39, 0.29) is 17.7 Å². The third-order valence-corrected chi connectivity index (χ3v) is 3.77. The van der Waals surface area contributed by atoms with Gasteiger partial charge in [-0.25, -0.2) is 9.18 Å². The van der Waals surface area contributed by atoms with Crippen molar-refractivity contribution < 1.29 is 13.5 Å². The van der Waals surface area contributed by atoms with Crippen LogP contribution in [0.15, 0.2) is 40.1 Å². The summed E-state index contributed by atoms with van der Waals surface area (Å²) in [5, 5.41) is 0.495. The van der Waals surface area contributed by atoms with E-state index in [9.17, 15) is 9.18 Å². The molecule has 2 rings (SSSR count). The highest BCUT2D eigenvalue weighted by molar-refractivity contribution is 5.83. The normalized spacial score (nSPS) is 10.9. The average molecular weight is 318 g/mol. The Kier molecular flexibility index (Phi) is 6.39. The van der Waals surface area contributed by atoms with E-state index >= 15 is 0 Å². The highest BCUT2D eigenvalue weighted by Gasteiger charge is 2.14. The molecule has 0 aliphatic heterocycles. The Morgan fingerprint density at radius 2 is 2.04 bits per heavy atom. The van der Waals surface area contributed by atoms with Crippen LogP contribution in [0.4, 0.5) is 4.39 Å². The number of hydrogen-bond acceptors (Lipinski definition) is 3. The standard InChI is InChI=1S/C19H23FO3/c1-3-5-6-7-8-9-15-13-14-10-11-16(22-12-4-2)18(20)17(14)19(21)23-15/h4,10-11,13H,2-3,5-9,12H2,1H3. The van der Waals surface area contributed by atoms with E-state index in [1.54, 1.807) is 12.1 Å². The van der Waals surface area contributed by atoms with E-state index in [0.29, 0.717) is 17.6 Å². The van der Waals surface area contributed by atoms with Crippen molar-refractivity contribution in [2.24, 2.45) is 0 Å². The molecule has 0 saturated heterocycles. The van der Waals surface area contributed by atoms with Gasteiger partial charge in [0.25, 0.3) is 0 Å². The minimum atomic E-state index is -0.674. The van der Waals surface area contributed by atoms with Gasteiger partial charge < -0.3 is 9.15 Å². The van der Waals surface area contributed by atoms with Gasteiger partial charge in [0.15, 0.2) is 11.6 Å². The Bertz CT molecular complexity index is 718. The largest absolute Gasteiger partial charge is 0.486 e. The zero-order valence-corrected chi connectivity index (χ0v) is 13.6. The van der Waals surface area contributed by atoms with Crippen molar-refractivity contribution in [2.75, 3.05) is 6.61 Å². The molecule has 1 aromatic heterocycles. The predicted molar refractivity (Wildman–Crippen MR) is 90.6 cm³/mol. The quantitative estimate of drug-likeness (QED) is 0.482. The van der Waals surface area contributed by atoms with Crippen LogP contribution in [-0.2, 0) is 6.42 Å². The van der Waals surface area contributed by atoms with Gasteiger partial charge in [0.05, 0.1) is 0 Å². The Balaban J connectivity index is 2.18. The molecule has 2 aromatic rings. The molecular weight excluding hydrogens is 295 g/mol. The van der Waals surface area contributed by atoms with Crippen LogP contribution in [0.5, 0.6) is 5.75 Å². The van der Waals surface area contributed by atoms with Crippen molar-refractivity contribution in [3.8, 4) is 5.75 Å². The molecule has 0 fully saturated rings. The second kappa shape index (κ2) is 8.51. The molecule has 0 unspecified atom stereocenters. The Labute approximate surface area is 135 Å². The molecule has 0 radical (unpaired) electrons. The van der Waals surface area contributed by atoms with Crippen molar-refractivity contribution in [3.05, 3.63) is 52.9 Å². The number of hydrogen-bond donors (Lipinski definition) is 0. The molecule has 1 aromatic carbocycles. The molecule has 3 nitrogen and oxygen atoms in total. The fourth-order valence-corrected chi connectivity index (χ4v) is 2.56. The Morgan fingerprint density at radius 3 is 2.78 bits per heavy atom. The SMILES string of the molecule is C=CCOc1ccc2cc(CCCCCCC)oc(=O)c2c1F. The van der Waals surface area contributed by atoms with Gasteiger partial charge in [-0.2, -0.15) is 0 Å². The maximum atomic E-state index is 14.4. The summed E-state index contributed by atoms with van der Waals surface area (Å²) in [5.41, 5.74) is -0.646. The average Bonchev–Trinajstić information content (AvgIpc) is 2.54. The molecule has 0 atom stereocenters. The van der Waals surface area contributed by atoms with Crippen molar-refractivity contribution in [2.45, 2.75) is 45.4 Å². The van der Waals surface area contributed by atoms with Crippen LogP contribution in [0.3, 0.4) is 0 Å². The first kappa shape index (κ1) is 17.3. The summed E-state index contributed by atoms with van der Waals surface area (Å²) in [6.07, 6.45) is 7.91. The van der Waals surface area contributed by atoms with Crippen LogP contribution in [0.2, 0.25) is 0 Å². The summed E-state index contributed by atoms with van der Waals surface area (Å²) >= 11 is 0. The lowest BCUT2D eigenvalue weighted by Gasteiger charge is -2.08. The van der Waals surface area contributed by atoms with E-state index < -0.39 is 11.4 Å². The minimum Gasteiger partial charge on any atom is -0.486 e. The maximum absolute atomic E-state index is 14.4. The van der Waals surface area contributed by atoms with Crippen LogP contribution in [0.1, 0.15) is 44.8 Å². The number of unbranched alkanes of at least 4 members (excludes halogenated alkanes) is 4. The van der Waals surface area contributed by atoms with Crippen LogP contribution in [0, 0.1) is 5.82 Å². The number of benzene rings is 1. The molecule has 0 saturated carbocycles. The summed E-state index contributed by atoms with van der Waals surface area (Å²) in [6, 6.07) is 4.97. The molecule has 0 spiro atoms. The van der Waals surface area contributed by atoms with Gasteiger partial charge in [0, 0.05) is 6.42 Å². The molecule has 0 aliphatic carbocycles. The van der Waals surface area contributed by atoms with Crippen molar-refractivity contribution in [1.29, 1.82) is 0 Å². The van der Waals surface area contributed by atoms with Crippen LogP contribution in [-0.4, -0.2) is 6.61 Å². The Hall–Kier alpha value is -2.10. The first-order chi connectivity index (χ1) is 11.2. The molecule has 0 bridgehead atoms. The van der Waals surface area contributed by atoms with E-state index in [2.05, 4.69) is 13.5 Å². The van der Waals surface area contributed by atoms with Crippen LogP contribution >= 0.6 is 0 Å². The Morgan fingerprint density at radius 1 is 1.26 bits per heavy atom. The van der Waals surface area contributed by atoms with E-state index in [0.717, 1.165) is 12.8 Å². The van der Waals surface area contributed by atoms with Gasteiger partial charge in [-0.1, -0.05) is 51.3 Å². The monoisotopic (exact) mass is 318 g/mol. The van der Waals surface area contributed by atoms with Crippen molar-refractivity contribution in [3.63, 3.8) is 0 Å². The number of fused-ring (bicyclic) bond motifs is 1. The molecule has 0 amide bonds. The zero-order valence-electron chi connectivity index (χ0n) is 13.6. The van der Waals surface area contributed by atoms with Gasteiger partial charge in [0.1, 0.15) is 17.8 Å². The minimum absolute atomic E-state index is 0.0389. The van der Waals surface area contributed by atoms with Crippen molar-refractivity contribution in [1.82, 2.24) is 0 Å². The molecule has 124 valence electrons. The third kappa shape index (κ3) is 4.44. The molecule has 0 aliphatic rings. The summed E-state index contributed by atoms with van der Waals surface area (Å²) in [7, 11) is 0. The molecule has 1 heterocycles. The summed E-state index contributed by atoms with van der Waals surface area (Å²) in [4.78, 5) is 12.1. The number of aryl methyl sites for hydroxylation is 1. The fourth-order valence-electron chi connectivity index (χ4n) is 2.56. The van der Waals surface area contributed by atoms with Crippen LogP contribution < -0.4 is 10.4 Å². The lowest BCUT2D eigenvalue weighted by Crippen LogP contribution is -2.06. The summed E-state index contributed by atoms with van der Waals surface area (Å²) < 4.78 is 24.8. The second-order valence-electron chi connectivity index (χ2n) is 5.61. The topological polar surface area (TPSA) is 39.4 Å². The fraction of sp³-hybridized carbons (Fsp3) is 0.421.